The minimum Gasteiger partial charge on any atom is -0.488 e. The van der Waals surface area contributed by atoms with Gasteiger partial charge in [-0.2, -0.15) is 0 Å². The zero-order chi connectivity index (χ0) is 21.1. The van der Waals surface area contributed by atoms with Crippen LogP contribution in [0.4, 0.5) is 0 Å². The van der Waals surface area contributed by atoms with E-state index in [1.807, 2.05) is 19.1 Å². The summed E-state index contributed by atoms with van der Waals surface area (Å²) in [7, 11) is 0. The Morgan fingerprint density at radius 1 is 0.966 bits per heavy atom. The maximum absolute atomic E-state index is 12.3. The first kappa shape index (κ1) is 22.2. The third-order valence-electron chi connectivity index (χ3n) is 3.77. The molecular formula is C21H23ClN2O5. The van der Waals surface area contributed by atoms with Crippen molar-refractivity contribution in [2.75, 3.05) is 19.7 Å². The van der Waals surface area contributed by atoms with Crippen molar-refractivity contribution >= 4 is 29.4 Å². The standard InChI is InChI=1S/C21H23ClN2O5/c1-2-11-23-19(25)12-24-20(26)14-29-21(27)17-5-3-4-6-18(17)28-13-15-7-9-16(22)10-8-15/h3-10H,2,11-14H2,1H3,(H,23,25)(H,24,26). The van der Waals surface area contributed by atoms with Gasteiger partial charge in [0.05, 0.1) is 6.54 Å². The molecule has 29 heavy (non-hydrogen) atoms. The number of para-hydroxylation sites is 1. The summed E-state index contributed by atoms with van der Waals surface area (Å²) in [5.74, 6) is -1.22. The third-order valence-corrected chi connectivity index (χ3v) is 4.02. The van der Waals surface area contributed by atoms with Crippen LogP contribution in [0.15, 0.2) is 48.5 Å². The molecular weight excluding hydrogens is 396 g/mol. The van der Waals surface area contributed by atoms with E-state index in [0.29, 0.717) is 17.3 Å². The SMILES string of the molecule is CCCNC(=O)CNC(=O)COC(=O)c1ccccc1OCc1ccc(Cl)cc1. The lowest BCUT2D eigenvalue weighted by atomic mass is 10.2. The smallest absolute Gasteiger partial charge is 0.342 e. The fourth-order valence-corrected chi connectivity index (χ4v) is 2.39. The molecule has 0 aromatic heterocycles. The molecule has 8 heteroatoms. The van der Waals surface area contributed by atoms with Crippen LogP contribution in [0.25, 0.3) is 0 Å². The van der Waals surface area contributed by atoms with E-state index in [1.54, 1.807) is 36.4 Å². The summed E-state index contributed by atoms with van der Waals surface area (Å²) in [6.45, 7) is 2.04. The van der Waals surface area contributed by atoms with Crippen LogP contribution in [-0.4, -0.2) is 37.5 Å². The number of rotatable bonds is 10. The van der Waals surface area contributed by atoms with Gasteiger partial charge in [-0.1, -0.05) is 42.8 Å². The van der Waals surface area contributed by atoms with E-state index in [4.69, 9.17) is 21.1 Å². The third kappa shape index (κ3) is 7.83. The maximum Gasteiger partial charge on any atom is 0.342 e. The van der Waals surface area contributed by atoms with E-state index in [0.717, 1.165) is 12.0 Å². The summed E-state index contributed by atoms with van der Waals surface area (Å²) in [5, 5.41) is 5.65. The van der Waals surface area contributed by atoms with Gasteiger partial charge in [-0.3, -0.25) is 9.59 Å². The molecule has 0 saturated carbocycles. The minimum atomic E-state index is -0.692. The molecule has 0 radical (unpaired) electrons. The highest BCUT2D eigenvalue weighted by atomic mass is 35.5. The van der Waals surface area contributed by atoms with Gasteiger partial charge in [0.1, 0.15) is 17.9 Å². The van der Waals surface area contributed by atoms with Crippen molar-refractivity contribution in [1.29, 1.82) is 0 Å². The molecule has 0 saturated heterocycles. The van der Waals surface area contributed by atoms with Crippen LogP contribution >= 0.6 is 11.6 Å². The van der Waals surface area contributed by atoms with E-state index < -0.39 is 18.5 Å². The van der Waals surface area contributed by atoms with Crippen molar-refractivity contribution in [3.05, 3.63) is 64.7 Å². The molecule has 2 N–H and O–H groups in total. The quantitative estimate of drug-likeness (QED) is 0.578. The van der Waals surface area contributed by atoms with Crippen LogP contribution in [0.3, 0.4) is 0 Å². The number of nitrogens with one attached hydrogen (secondary N) is 2. The predicted molar refractivity (Wildman–Crippen MR) is 109 cm³/mol. The molecule has 2 rings (SSSR count). The molecule has 0 spiro atoms. The van der Waals surface area contributed by atoms with Crippen LogP contribution in [0, 0.1) is 0 Å². The summed E-state index contributed by atoms with van der Waals surface area (Å²) >= 11 is 5.86. The predicted octanol–water partition coefficient (Wildman–Crippen LogP) is 2.72. The number of halogens is 1. The highest BCUT2D eigenvalue weighted by Crippen LogP contribution is 2.21. The first-order valence-electron chi connectivity index (χ1n) is 9.16. The highest BCUT2D eigenvalue weighted by Gasteiger charge is 2.15. The molecule has 0 fully saturated rings. The molecule has 2 aromatic rings. The van der Waals surface area contributed by atoms with Gasteiger partial charge in [-0.15, -0.1) is 0 Å². The zero-order valence-corrected chi connectivity index (χ0v) is 16.8. The molecule has 0 heterocycles. The summed E-state index contributed by atoms with van der Waals surface area (Å²) in [6.07, 6.45) is 0.802. The molecule has 0 aliphatic carbocycles. The monoisotopic (exact) mass is 418 g/mol. The Bertz CT molecular complexity index is 839. The molecule has 0 bridgehead atoms. The Balaban J connectivity index is 1.85. The first-order chi connectivity index (χ1) is 14.0. The average Bonchev–Trinajstić information content (AvgIpc) is 2.74. The second-order valence-electron chi connectivity index (χ2n) is 6.11. The molecule has 7 nitrogen and oxygen atoms in total. The number of benzene rings is 2. The number of carbonyl (C=O) groups excluding carboxylic acids is 3. The van der Waals surface area contributed by atoms with Crippen molar-refractivity contribution in [2.24, 2.45) is 0 Å². The van der Waals surface area contributed by atoms with Crippen LogP contribution in [-0.2, 0) is 20.9 Å². The molecule has 2 amide bonds. The number of hydrogen-bond donors (Lipinski definition) is 2. The van der Waals surface area contributed by atoms with Crippen LogP contribution in [0.5, 0.6) is 5.75 Å². The Morgan fingerprint density at radius 2 is 1.69 bits per heavy atom. The summed E-state index contributed by atoms with van der Waals surface area (Å²) in [4.78, 5) is 35.6. The van der Waals surface area contributed by atoms with E-state index in [1.165, 1.54) is 0 Å². The minimum absolute atomic E-state index is 0.169. The van der Waals surface area contributed by atoms with Gasteiger partial charge < -0.3 is 20.1 Å². The lowest BCUT2D eigenvalue weighted by Gasteiger charge is -2.11. The molecule has 0 atom stereocenters. The molecule has 0 unspecified atom stereocenters. The Kier molecular flexibility index (Phi) is 8.98. The fourth-order valence-electron chi connectivity index (χ4n) is 2.27. The number of esters is 1. The van der Waals surface area contributed by atoms with Gasteiger partial charge in [-0.25, -0.2) is 4.79 Å². The van der Waals surface area contributed by atoms with E-state index in [-0.39, 0.29) is 24.6 Å². The van der Waals surface area contributed by atoms with Gasteiger partial charge >= 0.3 is 5.97 Å². The van der Waals surface area contributed by atoms with E-state index in [9.17, 15) is 14.4 Å². The first-order valence-corrected chi connectivity index (χ1v) is 9.54. The second-order valence-corrected chi connectivity index (χ2v) is 6.55. The molecule has 154 valence electrons. The van der Waals surface area contributed by atoms with Crippen molar-refractivity contribution in [3.63, 3.8) is 0 Å². The largest absolute Gasteiger partial charge is 0.488 e. The van der Waals surface area contributed by atoms with Gasteiger partial charge in [0.25, 0.3) is 5.91 Å². The molecule has 2 aromatic carbocycles. The maximum atomic E-state index is 12.3. The van der Waals surface area contributed by atoms with E-state index in [2.05, 4.69) is 10.6 Å². The Hall–Kier alpha value is -3.06. The van der Waals surface area contributed by atoms with Crippen molar-refractivity contribution < 1.29 is 23.9 Å². The number of carbonyl (C=O) groups is 3. The molecule has 0 aliphatic heterocycles. The Labute approximate surface area is 174 Å². The summed E-state index contributed by atoms with van der Waals surface area (Å²) in [5.41, 5.74) is 1.09. The van der Waals surface area contributed by atoms with Crippen LogP contribution in [0.2, 0.25) is 5.02 Å². The van der Waals surface area contributed by atoms with Crippen molar-refractivity contribution in [2.45, 2.75) is 20.0 Å². The zero-order valence-electron chi connectivity index (χ0n) is 16.1. The number of hydrogen-bond acceptors (Lipinski definition) is 5. The average molecular weight is 419 g/mol. The van der Waals surface area contributed by atoms with Gasteiger partial charge in [-0.05, 0) is 36.2 Å². The second kappa shape index (κ2) is 11.7. The molecule has 0 aliphatic rings. The van der Waals surface area contributed by atoms with Crippen molar-refractivity contribution in [3.8, 4) is 5.75 Å². The fraction of sp³-hybridized carbons (Fsp3) is 0.286. The van der Waals surface area contributed by atoms with Crippen LogP contribution in [0.1, 0.15) is 29.3 Å². The number of amides is 2. The lowest BCUT2D eigenvalue weighted by molar-refractivity contribution is -0.127. The normalized spacial score (nSPS) is 10.1. The number of ether oxygens (including phenoxy) is 2. The van der Waals surface area contributed by atoms with Crippen molar-refractivity contribution in [1.82, 2.24) is 10.6 Å². The Morgan fingerprint density at radius 3 is 2.41 bits per heavy atom. The summed E-state index contributed by atoms with van der Waals surface area (Å²) in [6, 6.07) is 13.7. The van der Waals surface area contributed by atoms with Gasteiger partial charge in [0, 0.05) is 11.6 Å². The van der Waals surface area contributed by atoms with E-state index >= 15 is 0 Å². The topological polar surface area (TPSA) is 93.7 Å². The lowest BCUT2D eigenvalue weighted by Crippen LogP contribution is -2.38. The van der Waals surface area contributed by atoms with Gasteiger partial charge in [0.2, 0.25) is 5.91 Å². The highest BCUT2D eigenvalue weighted by molar-refractivity contribution is 6.30. The summed E-state index contributed by atoms with van der Waals surface area (Å²) < 4.78 is 10.7. The van der Waals surface area contributed by atoms with Crippen LogP contribution < -0.4 is 15.4 Å². The van der Waals surface area contributed by atoms with Gasteiger partial charge in [0.15, 0.2) is 6.61 Å².